The number of hydrogen-bond acceptors (Lipinski definition) is 3. The molecule has 0 bridgehead atoms. The van der Waals surface area contributed by atoms with Gasteiger partial charge in [-0.3, -0.25) is 0 Å². The number of halogens is 1. The van der Waals surface area contributed by atoms with E-state index in [9.17, 15) is 0 Å². The third-order valence-corrected chi connectivity index (χ3v) is 1.69. The fraction of sp³-hybridized carbons (Fsp3) is 0.714. The van der Waals surface area contributed by atoms with E-state index in [2.05, 4.69) is 39.9 Å². The van der Waals surface area contributed by atoms with Crippen LogP contribution in [0.3, 0.4) is 0 Å². The quantitative estimate of drug-likeness (QED) is 0.731. The number of hydrogen-bond donors (Lipinski definition) is 0. The van der Waals surface area contributed by atoms with Gasteiger partial charge in [-0.1, -0.05) is 34.9 Å². The molecule has 1 aromatic heterocycles. The van der Waals surface area contributed by atoms with Gasteiger partial charge in [0.15, 0.2) is 5.82 Å². The van der Waals surface area contributed by atoms with E-state index in [0.29, 0.717) is 17.1 Å². The summed E-state index contributed by atoms with van der Waals surface area (Å²) in [7, 11) is 0. The van der Waals surface area contributed by atoms with Crippen molar-refractivity contribution in [1.82, 2.24) is 10.1 Å². The lowest BCUT2D eigenvalue weighted by Crippen LogP contribution is -1.95. The second kappa shape index (κ2) is 3.85. The molecule has 0 aromatic carbocycles. The lowest BCUT2D eigenvalue weighted by atomic mass is 10.1. The predicted molar refractivity (Wildman–Crippen MR) is 45.5 cm³/mol. The van der Waals surface area contributed by atoms with E-state index in [4.69, 9.17) is 4.52 Å². The van der Waals surface area contributed by atoms with Gasteiger partial charge >= 0.3 is 0 Å². The van der Waals surface area contributed by atoms with Gasteiger partial charge in [-0.15, -0.1) is 0 Å². The third kappa shape index (κ3) is 2.61. The fourth-order valence-corrected chi connectivity index (χ4v) is 1.02. The zero-order valence-corrected chi connectivity index (χ0v) is 8.26. The summed E-state index contributed by atoms with van der Waals surface area (Å²) in [6, 6.07) is 0. The molecule has 0 spiro atoms. The minimum atomic E-state index is 0.579. The standard InChI is InChI=1S/C7H11BrN2O/c1-5(2)3-6-9-7(4-8)11-10-6/h5H,3-4H2,1-2H3. The van der Waals surface area contributed by atoms with Crippen molar-refractivity contribution < 1.29 is 4.52 Å². The third-order valence-electron chi connectivity index (χ3n) is 1.22. The predicted octanol–water partition coefficient (Wildman–Crippen LogP) is 2.16. The maximum atomic E-state index is 4.91. The second-order valence-electron chi connectivity index (χ2n) is 2.84. The molecule has 0 aliphatic heterocycles. The van der Waals surface area contributed by atoms with Gasteiger partial charge in [0.25, 0.3) is 0 Å². The maximum Gasteiger partial charge on any atom is 0.237 e. The highest BCUT2D eigenvalue weighted by Gasteiger charge is 2.05. The van der Waals surface area contributed by atoms with Crippen molar-refractivity contribution in [2.75, 3.05) is 0 Å². The molecule has 0 aliphatic carbocycles. The molecule has 62 valence electrons. The lowest BCUT2D eigenvalue weighted by Gasteiger charge is -1.95. The SMILES string of the molecule is CC(C)Cc1noc(CBr)n1. The highest BCUT2D eigenvalue weighted by Crippen LogP contribution is 2.06. The molecule has 1 heterocycles. The highest BCUT2D eigenvalue weighted by molar-refractivity contribution is 9.08. The van der Waals surface area contributed by atoms with Crippen LogP contribution in [0.5, 0.6) is 0 Å². The first-order valence-corrected chi connectivity index (χ1v) is 4.72. The Morgan fingerprint density at radius 1 is 1.55 bits per heavy atom. The maximum absolute atomic E-state index is 4.91. The summed E-state index contributed by atoms with van der Waals surface area (Å²) >= 11 is 3.24. The van der Waals surface area contributed by atoms with E-state index >= 15 is 0 Å². The smallest absolute Gasteiger partial charge is 0.237 e. The molecule has 0 fully saturated rings. The molecule has 0 saturated heterocycles. The van der Waals surface area contributed by atoms with Crippen molar-refractivity contribution in [1.29, 1.82) is 0 Å². The van der Waals surface area contributed by atoms with Crippen LogP contribution in [0.15, 0.2) is 4.52 Å². The Hall–Kier alpha value is -0.380. The molecule has 0 radical (unpaired) electrons. The van der Waals surface area contributed by atoms with Gasteiger partial charge in [-0.05, 0) is 5.92 Å². The van der Waals surface area contributed by atoms with E-state index in [1.54, 1.807) is 0 Å². The molecular formula is C7H11BrN2O. The van der Waals surface area contributed by atoms with Crippen LogP contribution in [0.25, 0.3) is 0 Å². The van der Waals surface area contributed by atoms with E-state index in [0.717, 1.165) is 12.2 Å². The van der Waals surface area contributed by atoms with Gasteiger partial charge in [-0.2, -0.15) is 4.98 Å². The van der Waals surface area contributed by atoms with E-state index in [-0.39, 0.29) is 0 Å². The van der Waals surface area contributed by atoms with Crippen molar-refractivity contribution in [2.45, 2.75) is 25.6 Å². The first-order valence-electron chi connectivity index (χ1n) is 3.59. The van der Waals surface area contributed by atoms with Crippen LogP contribution in [-0.4, -0.2) is 10.1 Å². The van der Waals surface area contributed by atoms with Crippen molar-refractivity contribution >= 4 is 15.9 Å². The molecule has 0 atom stereocenters. The molecule has 0 saturated carbocycles. The van der Waals surface area contributed by atoms with Gasteiger partial charge in [0.05, 0.1) is 5.33 Å². The van der Waals surface area contributed by atoms with Crippen molar-refractivity contribution in [3.05, 3.63) is 11.7 Å². The van der Waals surface area contributed by atoms with Gasteiger partial charge in [0.1, 0.15) is 0 Å². The number of aromatic nitrogens is 2. The number of rotatable bonds is 3. The summed E-state index contributed by atoms with van der Waals surface area (Å²) in [4.78, 5) is 4.14. The Kier molecular flexibility index (Phi) is 3.05. The second-order valence-corrected chi connectivity index (χ2v) is 3.40. The zero-order chi connectivity index (χ0) is 8.27. The summed E-state index contributed by atoms with van der Waals surface area (Å²) < 4.78 is 4.91. The average molecular weight is 219 g/mol. The minimum Gasteiger partial charge on any atom is -0.338 e. The molecule has 4 heteroatoms. The Morgan fingerprint density at radius 2 is 2.27 bits per heavy atom. The highest BCUT2D eigenvalue weighted by atomic mass is 79.9. The summed E-state index contributed by atoms with van der Waals surface area (Å²) in [5, 5.41) is 4.45. The average Bonchev–Trinajstić information content (AvgIpc) is 2.34. The normalized spacial score (nSPS) is 10.9. The van der Waals surface area contributed by atoms with Crippen molar-refractivity contribution in [3.63, 3.8) is 0 Å². The molecule has 0 unspecified atom stereocenters. The summed E-state index contributed by atoms with van der Waals surface area (Å²) in [5.41, 5.74) is 0. The van der Waals surface area contributed by atoms with Crippen molar-refractivity contribution in [2.24, 2.45) is 5.92 Å². The first-order chi connectivity index (χ1) is 5.22. The molecule has 0 amide bonds. The van der Waals surface area contributed by atoms with Crippen LogP contribution in [-0.2, 0) is 11.8 Å². The van der Waals surface area contributed by atoms with Crippen LogP contribution in [0.1, 0.15) is 25.6 Å². The Labute approximate surface area is 74.3 Å². The largest absolute Gasteiger partial charge is 0.338 e. The number of nitrogens with zero attached hydrogens (tertiary/aromatic N) is 2. The fourth-order valence-electron chi connectivity index (χ4n) is 0.792. The monoisotopic (exact) mass is 218 g/mol. The zero-order valence-electron chi connectivity index (χ0n) is 6.67. The van der Waals surface area contributed by atoms with Crippen LogP contribution in [0, 0.1) is 5.92 Å². The van der Waals surface area contributed by atoms with E-state index < -0.39 is 0 Å². The van der Waals surface area contributed by atoms with Gasteiger partial charge < -0.3 is 4.52 Å². The van der Waals surface area contributed by atoms with Gasteiger partial charge in [-0.25, -0.2) is 0 Å². The van der Waals surface area contributed by atoms with Gasteiger partial charge in [0, 0.05) is 6.42 Å². The number of alkyl halides is 1. The first kappa shape index (κ1) is 8.71. The summed E-state index contributed by atoms with van der Waals surface area (Å²) in [5.74, 6) is 2.03. The Balaban J connectivity index is 2.58. The molecule has 0 aliphatic rings. The van der Waals surface area contributed by atoms with E-state index in [1.165, 1.54) is 0 Å². The van der Waals surface area contributed by atoms with E-state index in [1.807, 2.05) is 0 Å². The molecule has 3 nitrogen and oxygen atoms in total. The topological polar surface area (TPSA) is 38.9 Å². The summed E-state index contributed by atoms with van der Waals surface area (Å²) in [6.07, 6.45) is 0.885. The van der Waals surface area contributed by atoms with Crippen LogP contribution < -0.4 is 0 Å². The van der Waals surface area contributed by atoms with Crippen LogP contribution in [0.2, 0.25) is 0 Å². The molecular weight excluding hydrogens is 208 g/mol. The molecule has 1 aromatic rings. The van der Waals surface area contributed by atoms with Crippen LogP contribution in [0.4, 0.5) is 0 Å². The summed E-state index contributed by atoms with van der Waals surface area (Å²) in [6.45, 7) is 4.26. The molecule has 11 heavy (non-hydrogen) atoms. The Morgan fingerprint density at radius 3 is 2.73 bits per heavy atom. The molecule has 1 rings (SSSR count). The minimum absolute atomic E-state index is 0.579. The Bertz CT molecular complexity index is 222. The lowest BCUT2D eigenvalue weighted by molar-refractivity contribution is 0.383. The van der Waals surface area contributed by atoms with Crippen LogP contribution >= 0.6 is 15.9 Å². The van der Waals surface area contributed by atoms with Gasteiger partial charge in [0.2, 0.25) is 5.89 Å². The molecule has 0 N–H and O–H groups in total. The van der Waals surface area contributed by atoms with Crippen molar-refractivity contribution in [3.8, 4) is 0 Å².